The zero-order valence-electron chi connectivity index (χ0n) is 15.4. The molecule has 6 nitrogen and oxygen atoms in total. The number of halogens is 1. The SMILES string of the molecule is Cc1cnc(C)c(-c2cc(F)cc3c2OC(CNC(=O)C2CCCO2)C3)n1. The van der Waals surface area contributed by atoms with Gasteiger partial charge in [0.25, 0.3) is 0 Å². The van der Waals surface area contributed by atoms with E-state index in [0.29, 0.717) is 42.3 Å². The van der Waals surface area contributed by atoms with Gasteiger partial charge in [-0.2, -0.15) is 0 Å². The maximum atomic E-state index is 14.2. The summed E-state index contributed by atoms with van der Waals surface area (Å²) in [6.07, 6.45) is 3.25. The topological polar surface area (TPSA) is 73.3 Å². The minimum absolute atomic E-state index is 0.112. The minimum atomic E-state index is -0.369. The van der Waals surface area contributed by atoms with Crippen LogP contribution in [0.5, 0.6) is 5.75 Å². The van der Waals surface area contributed by atoms with Gasteiger partial charge in [0.1, 0.15) is 23.8 Å². The van der Waals surface area contributed by atoms with Crippen LogP contribution in [0.25, 0.3) is 11.3 Å². The third kappa shape index (κ3) is 3.64. The number of hydrogen-bond donors (Lipinski definition) is 1. The number of benzene rings is 1. The van der Waals surface area contributed by atoms with Crippen molar-refractivity contribution in [2.24, 2.45) is 0 Å². The van der Waals surface area contributed by atoms with Gasteiger partial charge in [-0.3, -0.25) is 9.78 Å². The molecule has 2 aromatic rings. The number of ether oxygens (including phenoxy) is 2. The summed E-state index contributed by atoms with van der Waals surface area (Å²) in [5.74, 6) is 0.175. The molecule has 0 spiro atoms. The third-order valence-electron chi connectivity index (χ3n) is 4.92. The lowest BCUT2D eigenvalue weighted by atomic mass is 10.0. The number of carbonyl (C=O) groups is 1. The van der Waals surface area contributed by atoms with Gasteiger partial charge in [0.2, 0.25) is 5.91 Å². The van der Waals surface area contributed by atoms with E-state index in [1.807, 2.05) is 13.8 Å². The summed E-state index contributed by atoms with van der Waals surface area (Å²) in [6, 6.07) is 2.92. The molecule has 0 radical (unpaired) electrons. The molecule has 1 amide bonds. The number of amides is 1. The Hall–Kier alpha value is -2.54. The zero-order valence-corrected chi connectivity index (χ0v) is 15.4. The highest BCUT2D eigenvalue weighted by Gasteiger charge is 2.30. The normalized spacial score (nSPS) is 21.0. The Morgan fingerprint density at radius 2 is 2.22 bits per heavy atom. The van der Waals surface area contributed by atoms with Crippen molar-refractivity contribution in [3.05, 3.63) is 41.1 Å². The molecular weight excluding hydrogens is 349 g/mol. The predicted molar refractivity (Wildman–Crippen MR) is 97.0 cm³/mol. The maximum Gasteiger partial charge on any atom is 0.249 e. The van der Waals surface area contributed by atoms with Crippen molar-refractivity contribution in [2.45, 2.75) is 45.3 Å². The van der Waals surface area contributed by atoms with Crippen LogP contribution in [0.2, 0.25) is 0 Å². The van der Waals surface area contributed by atoms with Crippen molar-refractivity contribution in [3.63, 3.8) is 0 Å². The van der Waals surface area contributed by atoms with E-state index in [1.165, 1.54) is 12.1 Å². The number of aromatic nitrogens is 2. The molecule has 0 aliphatic carbocycles. The number of aryl methyl sites for hydroxylation is 2. The highest BCUT2D eigenvalue weighted by Crippen LogP contribution is 2.39. The van der Waals surface area contributed by atoms with Gasteiger partial charge >= 0.3 is 0 Å². The molecule has 2 aliphatic rings. The zero-order chi connectivity index (χ0) is 19.0. The summed E-state index contributed by atoms with van der Waals surface area (Å²) in [7, 11) is 0. The number of fused-ring (bicyclic) bond motifs is 1. The van der Waals surface area contributed by atoms with Crippen LogP contribution in [0.15, 0.2) is 18.3 Å². The molecule has 4 rings (SSSR count). The van der Waals surface area contributed by atoms with Crippen LogP contribution in [0.4, 0.5) is 4.39 Å². The lowest BCUT2D eigenvalue weighted by Crippen LogP contribution is -2.40. The third-order valence-corrected chi connectivity index (χ3v) is 4.92. The Balaban J connectivity index is 1.53. The molecule has 142 valence electrons. The second-order valence-corrected chi connectivity index (χ2v) is 7.08. The first-order chi connectivity index (χ1) is 13.0. The van der Waals surface area contributed by atoms with E-state index in [1.54, 1.807) is 6.20 Å². The monoisotopic (exact) mass is 371 g/mol. The highest BCUT2D eigenvalue weighted by atomic mass is 19.1. The average molecular weight is 371 g/mol. The molecule has 0 bridgehead atoms. The summed E-state index contributed by atoms with van der Waals surface area (Å²) in [5.41, 5.74) is 3.48. The standard InChI is InChI=1S/C20H22FN3O3/c1-11-9-22-12(2)18(24-11)16-8-14(21)6-13-7-15(27-19(13)16)10-23-20(25)17-4-3-5-26-17/h6,8-9,15,17H,3-5,7,10H2,1-2H3,(H,23,25). The first kappa shape index (κ1) is 17.9. The Morgan fingerprint density at radius 3 is 3.00 bits per heavy atom. The molecule has 2 atom stereocenters. The van der Waals surface area contributed by atoms with Gasteiger partial charge in [-0.25, -0.2) is 9.37 Å². The van der Waals surface area contributed by atoms with Crippen LogP contribution >= 0.6 is 0 Å². The van der Waals surface area contributed by atoms with Gasteiger partial charge in [-0.1, -0.05) is 0 Å². The van der Waals surface area contributed by atoms with E-state index < -0.39 is 0 Å². The Bertz CT molecular complexity index is 881. The fourth-order valence-corrected chi connectivity index (χ4v) is 3.59. The molecule has 7 heteroatoms. The quantitative estimate of drug-likeness (QED) is 0.894. The minimum Gasteiger partial charge on any atom is -0.487 e. The largest absolute Gasteiger partial charge is 0.487 e. The van der Waals surface area contributed by atoms with Crippen LogP contribution in [0.3, 0.4) is 0 Å². The lowest BCUT2D eigenvalue weighted by Gasteiger charge is -2.15. The predicted octanol–water partition coefficient (Wildman–Crippen LogP) is 2.50. The molecule has 1 N–H and O–H groups in total. The van der Waals surface area contributed by atoms with Crippen LogP contribution < -0.4 is 10.1 Å². The van der Waals surface area contributed by atoms with Crippen LogP contribution in [0.1, 0.15) is 29.8 Å². The Kier molecular flexibility index (Phi) is 4.78. The van der Waals surface area contributed by atoms with Crippen molar-refractivity contribution < 1.29 is 18.7 Å². The van der Waals surface area contributed by atoms with Gasteiger partial charge in [0.15, 0.2) is 0 Å². The van der Waals surface area contributed by atoms with Crippen LogP contribution in [-0.4, -0.2) is 41.2 Å². The van der Waals surface area contributed by atoms with Crippen LogP contribution in [-0.2, 0) is 16.0 Å². The van der Waals surface area contributed by atoms with E-state index in [-0.39, 0.29) is 23.9 Å². The number of nitrogens with one attached hydrogen (secondary N) is 1. The second-order valence-electron chi connectivity index (χ2n) is 7.08. The molecule has 2 aliphatic heterocycles. The van der Waals surface area contributed by atoms with Crippen molar-refractivity contribution in [3.8, 4) is 17.0 Å². The molecule has 27 heavy (non-hydrogen) atoms. The van der Waals surface area contributed by atoms with Crippen molar-refractivity contribution >= 4 is 5.91 Å². The Labute approximate surface area is 157 Å². The first-order valence-corrected chi connectivity index (χ1v) is 9.20. The number of rotatable bonds is 4. The van der Waals surface area contributed by atoms with E-state index in [2.05, 4.69) is 15.3 Å². The average Bonchev–Trinajstić information content (AvgIpc) is 3.30. The van der Waals surface area contributed by atoms with E-state index in [0.717, 1.165) is 24.1 Å². The van der Waals surface area contributed by atoms with Crippen molar-refractivity contribution in [2.75, 3.05) is 13.2 Å². The summed E-state index contributed by atoms with van der Waals surface area (Å²) in [5, 5.41) is 2.89. The molecule has 1 aromatic carbocycles. The molecule has 2 unspecified atom stereocenters. The fourth-order valence-electron chi connectivity index (χ4n) is 3.59. The molecule has 1 saturated heterocycles. The smallest absolute Gasteiger partial charge is 0.249 e. The second kappa shape index (κ2) is 7.23. The Morgan fingerprint density at radius 1 is 1.37 bits per heavy atom. The molecule has 0 saturated carbocycles. The molecule has 1 fully saturated rings. The van der Waals surface area contributed by atoms with Gasteiger partial charge in [0, 0.05) is 30.4 Å². The molecule has 1 aromatic heterocycles. The van der Waals surface area contributed by atoms with E-state index in [9.17, 15) is 9.18 Å². The summed E-state index contributed by atoms with van der Waals surface area (Å²) < 4.78 is 25.7. The molecule has 3 heterocycles. The van der Waals surface area contributed by atoms with Gasteiger partial charge in [-0.05, 0) is 38.8 Å². The summed E-state index contributed by atoms with van der Waals surface area (Å²) in [4.78, 5) is 21.0. The lowest BCUT2D eigenvalue weighted by molar-refractivity contribution is -0.130. The van der Waals surface area contributed by atoms with Gasteiger partial charge in [-0.15, -0.1) is 0 Å². The van der Waals surface area contributed by atoms with Crippen LogP contribution in [0, 0.1) is 19.7 Å². The molecular formula is C20H22FN3O3. The summed E-state index contributed by atoms with van der Waals surface area (Å²) >= 11 is 0. The summed E-state index contributed by atoms with van der Waals surface area (Å²) in [6.45, 7) is 4.67. The fraction of sp³-hybridized carbons (Fsp3) is 0.450. The highest BCUT2D eigenvalue weighted by molar-refractivity contribution is 5.81. The number of nitrogens with zero attached hydrogens (tertiary/aromatic N) is 2. The van der Waals surface area contributed by atoms with E-state index in [4.69, 9.17) is 9.47 Å². The first-order valence-electron chi connectivity index (χ1n) is 9.20. The number of carbonyl (C=O) groups excluding carboxylic acids is 1. The van der Waals surface area contributed by atoms with Gasteiger partial charge in [0.05, 0.1) is 23.6 Å². The van der Waals surface area contributed by atoms with E-state index >= 15 is 0 Å². The van der Waals surface area contributed by atoms with Gasteiger partial charge < -0.3 is 14.8 Å². The van der Waals surface area contributed by atoms with Crippen molar-refractivity contribution in [1.82, 2.24) is 15.3 Å². The number of hydrogen-bond acceptors (Lipinski definition) is 5. The van der Waals surface area contributed by atoms with Crippen molar-refractivity contribution in [1.29, 1.82) is 0 Å². The maximum absolute atomic E-state index is 14.2.